The van der Waals surface area contributed by atoms with E-state index in [0.717, 1.165) is 12.8 Å². The Morgan fingerprint density at radius 1 is 1.40 bits per heavy atom. The minimum absolute atomic E-state index is 0.00481. The van der Waals surface area contributed by atoms with E-state index in [1.807, 2.05) is 0 Å². The molecule has 2 rings (SSSR count). The Labute approximate surface area is 120 Å². The Hall–Kier alpha value is -1.71. The van der Waals surface area contributed by atoms with Gasteiger partial charge < -0.3 is 10.5 Å². The molecular weight excluding hydrogens is 252 g/mol. The third-order valence-corrected chi connectivity index (χ3v) is 3.75. The average Bonchev–Trinajstić information content (AvgIpc) is 2.25. The first-order valence-corrected chi connectivity index (χ1v) is 7.17. The lowest BCUT2D eigenvalue weighted by Gasteiger charge is -2.38. The fourth-order valence-electron chi connectivity index (χ4n) is 3.26. The van der Waals surface area contributed by atoms with Crippen molar-refractivity contribution >= 4 is 17.5 Å². The van der Waals surface area contributed by atoms with Crippen LogP contribution in [0.15, 0.2) is 24.3 Å². The smallest absolute Gasteiger partial charge is 0.411 e. The molecule has 1 amide bonds. The molecule has 1 aromatic rings. The van der Waals surface area contributed by atoms with E-state index >= 15 is 0 Å². The lowest BCUT2D eigenvalue weighted by atomic mass is 9.71. The van der Waals surface area contributed by atoms with Crippen LogP contribution in [-0.4, -0.2) is 12.2 Å². The summed E-state index contributed by atoms with van der Waals surface area (Å²) < 4.78 is 5.55. The second-order valence-electron chi connectivity index (χ2n) is 6.69. The number of hydrogen-bond acceptors (Lipinski definition) is 3. The predicted molar refractivity (Wildman–Crippen MR) is 81.5 cm³/mol. The van der Waals surface area contributed by atoms with Gasteiger partial charge in [0.1, 0.15) is 6.10 Å². The molecule has 0 aliphatic heterocycles. The number of ether oxygens (including phenoxy) is 1. The van der Waals surface area contributed by atoms with Crippen LogP contribution in [0.25, 0.3) is 0 Å². The molecule has 1 saturated carbocycles. The van der Waals surface area contributed by atoms with Gasteiger partial charge in [-0.25, -0.2) is 4.79 Å². The summed E-state index contributed by atoms with van der Waals surface area (Å²) >= 11 is 0. The molecule has 1 aliphatic rings. The summed E-state index contributed by atoms with van der Waals surface area (Å²) in [5.41, 5.74) is 7.20. The largest absolute Gasteiger partial charge is 0.446 e. The summed E-state index contributed by atoms with van der Waals surface area (Å²) in [6, 6.07) is 7.10. The Balaban J connectivity index is 1.91. The van der Waals surface area contributed by atoms with Crippen molar-refractivity contribution in [2.45, 2.75) is 46.1 Å². The van der Waals surface area contributed by atoms with Crippen LogP contribution in [0, 0.1) is 11.3 Å². The van der Waals surface area contributed by atoms with E-state index in [1.54, 1.807) is 24.3 Å². The predicted octanol–water partition coefficient (Wildman–Crippen LogP) is 4.03. The number of amides is 1. The Bertz CT molecular complexity index is 485. The second kappa shape index (κ2) is 5.73. The zero-order valence-electron chi connectivity index (χ0n) is 12.5. The van der Waals surface area contributed by atoms with Crippen LogP contribution < -0.4 is 11.1 Å². The van der Waals surface area contributed by atoms with Crippen molar-refractivity contribution in [3.63, 3.8) is 0 Å². The molecule has 1 fully saturated rings. The van der Waals surface area contributed by atoms with Gasteiger partial charge in [0.25, 0.3) is 0 Å². The summed E-state index contributed by atoms with van der Waals surface area (Å²) in [4.78, 5) is 11.9. The number of benzene rings is 1. The van der Waals surface area contributed by atoms with E-state index in [9.17, 15) is 4.79 Å². The van der Waals surface area contributed by atoms with Crippen molar-refractivity contribution in [3.05, 3.63) is 24.3 Å². The third kappa shape index (κ3) is 4.15. The fourth-order valence-corrected chi connectivity index (χ4v) is 3.26. The Kier molecular flexibility index (Phi) is 4.21. The number of hydrogen-bond donors (Lipinski definition) is 2. The lowest BCUT2D eigenvalue weighted by Crippen LogP contribution is -2.34. The summed E-state index contributed by atoms with van der Waals surface area (Å²) in [5.74, 6) is 0.587. The molecule has 0 spiro atoms. The Morgan fingerprint density at radius 2 is 2.15 bits per heavy atom. The number of carbonyl (C=O) groups excluding carboxylic acids is 1. The zero-order valence-corrected chi connectivity index (χ0v) is 12.5. The van der Waals surface area contributed by atoms with Crippen LogP contribution in [0.1, 0.15) is 40.0 Å². The van der Waals surface area contributed by atoms with Crippen LogP contribution >= 0.6 is 0 Å². The van der Waals surface area contributed by atoms with Crippen LogP contribution in [0.3, 0.4) is 0 Å². The van der Waals surface area contributed by atoms with E-state index in [-0.39, 0.29) is 11.5 Å². The van der Waals surface area contributed by atoms with Crippen molar-refractivity contribution in [1.82, 2.24) is 0 Å². The van der Waals surface area contributed by atoms with Crippen LogP contribution in [0.4, 0.5) is 16.2 Å². The number of nitrogens with one attached hydrogen (secondary N) is 1. The van der Waals surface area contributed by atoms with Crippen molar-refractivity contribution < 1.29 is 9.53 Å². The highest BCUT2D eigenvalue weighted by Crippen LogP contribution is 2.39. The first-order valence-electron chi connectivity index (χ1n) is 7.17. The highest BCUT2D eigenvalue weighted by Gasteiger charge is 2.33. The molecule has 20 heavy (non-hydrogen) atoms. The van der Waals surface area contributed by atoms with Crippen molar-refractivity contribution in [1.29, 1.82) is 0 Å². The van der Waals surface area contributed by atoms with Gasteiger partial charge in [0.05, 0.1) is 0 Å². The number of nitrogens with two attached hydrogens (primary N) is 1. The monoisotopic (exact) mass is 276 g/mol. The molecular formula is C16H24N2O2. The summed E-state index contributed by atoms with van der Waals surface area (Å²) in [6.45, 7) is 6.68. The van der Waals surface area contributed by atoms with Gasteiger partial charge in [-0.05, 0) is 48.8 Å². The van der Waals surface area contributed by atoms with Gasteiger partial charge in [0.2, 0.25) is 0 Å². The zero-order chi connectivity index (χ0) is 14.8. The fraction of sp³-hybridized carbons (Fsp3) is 0.562. The van der Waals surface area contributed by atoms with Gasteiger partial charge in [-0.2, -0.15) is 0 Å². The van der Waals surface area contributed by atoms with Gasteiger partial charge in [0, 0.05) is 11.4 Å². The molecule has 1 aliphatic carbocycles. The van der Waals surface area contributed by atoms with Crippen LogP contribution in [0.2, 0.25) is 0 Å². The van der Waals surface area contributed by atoms with E-state index in [0.29, 0.717) is 17.3 Å². The first-order chi connectivity index (χ1) is 9.34. The van der Waals surface area contributed by atoms with Crippen molar-refractivity contribution in [2.24, 2.45) is 11.3 Å². The van der Waals surface area contributed by atoms with Gasteiger partial charge in [-0.3, -0.25) is 5.32 Å². The number of carbonyl (C=O) groups is 1. The minimum atomic E-state index is -0.398. The van der Waals surface area contributed by atoms with E-state index in [4.69, 9.17) is 10.5 Å². The summed E-state index contributed by atoms with van der Waals surface area (Å²) in [7, 11) is 0. The topological polar surface area (TPSA) is 64.3 Å². The third-order valence-electron chi connectivity index (χ3n) is 3.75. The standard InChI is InChI=1S/C16H24N2O2/c1-11-7-14(10-16(2,3)9-11)20-15(19)18-13-6-4-5-12(17)8-13/h4-6,8,11,14H,7,9-10,17H2,1-3H3,(H,18,19). The van der Waals surface area contributed by atoms with E-state index in [1.165, 1.54) is 6.42 Å². The van der Waals surface area contributed by atoms with Gasteiger partial charge in [-0.1, -0.05) is 26.8 Å². The second-order valence-corrected chi connectivity index (χ2v) is 6.69. The molecule has 2 unspecified atom stereocenters. The van der Waals surface area contributed by atoms with Gasteiger partial charge in [-0.15, -0.1) is 0 Å². The average molecular weight is 276 g/mol. The van der Waals surface area contributed by atoms with Crippen LogP contribution in [0.5, 0.6) is 0 Å². The molecule has 4 heteroatoms. The molecule has 4 nitrogen and oxygen atoms in total. The SMILES string of the molecule is CC1CC(OC(=O)Nc2cccc(N)c2)CC(C)(C)C1. The molecule has 0 heterocycles. The molecule has 110 valence electrons. The summed E-state index contributed by atoms with van der Waals surface area (Å²) in [5, 5.41) is 2.73. The molecule has 0 saturated heterocycles. The van der Waals surface area contributed by atoms with Gasteiger partial charge in [0.15, 0.2) is 0 Å². The molecule has 0 radical (unpaired) electrons. The molecule has 0 aromatic heterocycles. The van der Waals surface area contributed by atoms with Gasteiger partial charge >= 0.3 is 6.09 Å². The minimum Gasteiger partial charge on any atom is -0.446 e. The maximum atomic E-state index is 11.9. The van der Waals surface area contributed by atoms with Crippen LogP contribution in [-0.2, 0) is 4.74 Å². The maximum Gasteiger partial charge on any atom is 0.411 e. The highest BCUT2D eigenvalue weighted by atomic mass is 16.6. The number of nitrogen functional groups attached to an aromatic ring is 1. The number of rotatable bonds is 2. The normalized spacial score (nSPS) is 24.9. The first kappa shape index (κ1) is 14.7. The quantitative estimate of drug-likeness (QED) is 0.801. The van der Waals surface area contributed by atoms with E-state index in [2.05, 4.69) is 26.1 Å². The van der Waals surface area contributed by atoms with Crippen molar-refractivity contribution in [3.8, 4) is 0 Å². The maximum absolute atomic E-state index is 11.9. The molecule has 1 aromatic carbocycles. The number of anilines is 2. The molecule has 0 bridgehead atoms. The summed E-state index contributed by atoms with van der Waals surface area (Å²) in [6.07, 6.45) is 2.64. The molecule has 3 N–H and O–H groups in total. The Morgan fingerprint density at radius 3 is 2.80 bits per heavy atom. The lowest BCUT2D eigenvalue weighted by molar-refractivity contribution is 0.0250. The van der Waals surface area contributed by atoms with E-state index < -0.39 is 6.09 Å². The van der Waals surface area contributed by atoms with Crippen molar-refractivity contribution in [2.75, 3.05) is 11.1 Å². The molecule has 2 atom stereocenters. The highest BCUT2D eigenvalue weighted by molar-refractivity contribution is 5.85.